The molecule has 3 atom stereocenters. The number of pyridine rings is 1. The quantitative estimate of drug-likeness (QED) is 0.929. The second-order valence-corrected chi connectivity index (χ2v) is 7.19. The number of fused-ring (bicyclic) bond motifs is 1. The minimum absolute atomic E-state index is 0.0413. The van der Waals surface area contributed by atoms with Gasteiger partial charge in [-0.05, 0) is 36.8 Å². The Balaban J connectivity index is 1.43. The molecule has 3 fully saturated rings. The summed E-state index contributed by atoms with van der Waals surface area (Å²) in [6, 6.07) is 4.46. The summed E-state index contributed by atoms with van der Waals surface area (Å²) < 4.78 is 5.76. The topological polar surface area (TPSA) is 54.5 Å². The van der Waals surface area contributed by atoms with Crippen molar-refractivity contribution in [1.29, 1.82) is 0 Å². The number of hydrogen-bond donors (Lipinski definition) is 1. The first-order valence-electron chi connectivity index (χ1n) is 8.84. The highest BCUT2D eigenvalue weighted by molar-refractivity contribution is 5.92. The van der Waals surface area contributed by atoms with Gasteiger partial charge >= 0.3 is 0 Å². The Morgan fingerprint density at radius 1 is 1.26 bits per heavy atom. The molecule has 1 saturated carbocycles. The molecule has 4 rings (SSSR count). The summed E-state index contributed by atoms with van der Waals surface area (Å²) in [5.41, 5.74) is 0.769. The highest BCUT2D eigenvalue weighted by Crippen LogP contribution is 2.38. The zero-order chi connectivity index (χ0) is 15.6. The average Bonchev–Trinajstić information content (AvgIpc) is 3.24. The summed E-state index contributed by atoms with van der Waals surface area (Å²) in [5, 5.41) is 3.01. The Labute approximate surface area is 137 Å². The van der Waals surface area contributed by atoms with Crippen molar-refractivity contribution in [3.63, 3.8) is 0 Å². The molecule has 5 heteroatoms. The predicted octanol–water partition coefficient (Wildman–Crippen LogP) is 2.16. The van der Waals surface area contributed by atoms with Gasteiger partial charge in [0.05, 0.1) is 31.0 Å². The van der Waals surface area contributed by atoms with Crippen molar-refractivity contribution in [2.24, 2.45) is 17.8 Å². The number of anilines is 1. The fourth-order valence-electron chi connectivity index (χ4n) is 4.54. The van der Waals surface area contributed by atoms with Gasteiger partial charge in [0.15, 0.2) is 0 Å². The summed E-state index contributed by atoms with van der Waals surface area (Å²) in [6.45, 7) is 3.52. The third-order valence-corrected chi connectivity index (χ3v) is 5.77. The van der Waals surface area contributed by atoms with Gasteiger partial charge in [0.25, 0.3) is 0 Å². The number of hydrogen-bond acceptors (Lipinski definition) is 4. The van der Waals surface area contributed by atoms with E-state index in [1.807, 2.05) is 12.1 Å². The molecule has 3 aliphatic rings. The van der Waals surface area contributed by atoms with Crippen LogP contribution in [0.4, 0.5) is 5.69 Å². The summed E-state index contributed by atoms with van der Waals surface area (Å²) in [4.78, 5) is 19.4. The van der Waals surface area contributed by atoms with Gasteiger partial charge in [-0.25, -0.2) is 0 Å². The Kier molecular flexibility index (Phi) is 4.31. The van der Waals surface area contributed by atoms with Crippen molar-refractivity contribution < 1.29 is 9.53 Å². The highest BCUT2D eigenvalue weighted by Gasteiger charge is 2.45. The smallest absolute Gasteiger partial charge is 0.230 e. The molecule has 1 aromatic heterocycles. The first kappa shape index (κ1) is 15.1. The highest BCUT2D eigenvalue weighted by atomic mass is 16.5. The number of aromatic nitrogens is 1. The molecule has 124 valence electrons. The maximum absolute atomic E-state index is 12.7. The maximum Gasteiger partial charge on any atom is 0.230 e. The molecular formula is C18H25N3O2. The molecule has 0 spiro atoms. The van der Waals surface area contributed by atoms with Crippen LogP contribution >= 0.6 is 0 Å². The first-order chi connectivity index (χ1) is 11.3. The van der Waals surface area contributed by atoms with Crippen LogP contribution in [-0.4, -0.2) is 48.1 Å². The van der Waals surface area contributed by atoms with E-state index in [9.17, 15) is 4.79 Å². The molecule has 1 aliphatic carbocycles. The van der Waals surface area contributed by atoms with Gasteiger partial charge < -0.3 is 10.1 Å². The predicted molar refractivity (Wildman–Crippen MR) is 88.0 cm³/mol. The Morgan fingerprint density at radius 2 is 2.13 bits per heavy atom. The second-order valence-electron chi connectivity index (χ2n) is 7.19. The van der Waals surface area contributed by atoms with Crippen LogP contribution in [0.2, 0.25) is 0 Å². The van der Waals surface area contributed by atoms with E-state index in [0.717, 1.165) is 31.4 Å². The van der Waals surface area contributed by atoms with Gasteiger partial charge in [0.1, 0.15) is 0 Å². The fourth-order valence-corrected chi connectivity index (χ4v) is 4.54. The molecule has 1 aromatic rings. The van der Waals surface area contributed by atoms with Crippen LogP contribution in [-0.2, 0) is 9.53 Å². The number of ether oxygens (including phenoxy) is 1. The van der Waals surface area contributed by atoms with Crippen LogP contribution in [0.1, 0.15) is 25.7 Å². The van der Waals surface area contributed by atoms with Crippen molar-refractivity contribution >= 4 is 11.6 Å². The van der Waals surface area contributed by atoms with Crippen LogP contribution in [0.5, 0.6) is 0 Å². The third-order valence-electron chi connectivity index (χ3n) is 5.77. The standard InChI is InChI=1S/C18H25N3O2/c22-18(20-14-4-3-7-19-8-14)17-12-23-11-13-9-21(10-16(13)17)15-5-1-2-6-15/h3-4,7-8,13,15-17H,1-2,5-6,9-12H2,(H,20,22)/t13-,16-,17+/m1/s1. The van der Waals surface area contributed by atoms with E-state index in [4.69, 9.17) is 4.74 Å². The lowest BCUT2D eigenvalue weighted by atomic mass is 9.82. The minimum atomic E-state index is -0.0413. The lowest BCUT2D eigenvalue weighted by Crippen LogP contribution is -2.42. The summed E-state index contributed by atoms with van der Waals surface area (Å²) in [5.74, 6) is 0.983. The maximum atomic E-state index is 12.7. The Morgan fingerprint density at radius 3 is 2.91 bits per heavy atom. The van der Waals surface area contributed by atoms with Crippen LogP contribution in [0, 0.1) is 17.8 Å². The zero-order valence-corrected chi connectivity index (χ0v) is 13.5. The molecule has 0 radical (unpaired) electrons. The van der Waals surface area contributed by atoms with E-state index in [1.165, 1.54) is 25.7 Å². The fraction of sp³-hybridized carbons (Fsp3) is 0.667. The Hall–Kier alpha value is -1.46. The molecule has 0 unspecified atom stereocenters. The Bertz CT molecular complexity index is 544. The molecule has 0 aromatic carbocycles. The van der Waals surface area contributed by atoms with Crippen molar-refractivity contribution in [2.75, 3.05) is 31.6 Å². The van der Waals surface area contributed by atoms with E-state index in [2.05, 4.69) is 15.2 Å². The van der Waals surface area contributed by atoms with E-state index in [1.54, 1.807) is 12.4 Å². The van der Waals surface area contributed by atoms with Gasteiger partial charge in [-0.2, -0.15) is 0 Å². The average molecular weight is 315 g/mol. The van der Waals surface area contributed by atoms with Crippen LogP contribution < -0.4 is 5.32 Å². The number of carbonyl (C=O) groups is 1. The zero-order valence-electron chi connectivity index (χ0n) is 13.5. The van der Waals surface area contributed by atoms with Crippen LogP contribution in [0.15, 0.2) is 24.5 Å². The van der Waals surface area contributed by atoms with Gasteiger partial charge in [-0.15, -0.1) is 0 Å². The van der Waals surface area contributed by atoms with Crippen LogP contribution in [0.3, 0.4) is 0 Å². The molecule has 0 bridgehead atoms. The van der Waals surface area contributed by atoms with Crippen molar-refractivity contribution in [1.82, 2.24) is 9.88 Å². The van der Waals surface area contributed by atoms with E-state index >= 15 is 0 Å². The first-order valence-corrected chi connectivity index (χ1v) is 8.84. The molecule has 3 heterocycles. The number of nitrogens with one attached hydrogen (secondary N) is 1. The number of carbonyl (C=O) groups excluding carboxylic acids is 1. The normalized spacial score (nSPS) is 31.9. The molecular weight excluding hydrogens is 290 g/mol. The minimum Gasteiger partial charge on any atom is -0.380 e. The van der Waals surface area contributed by atoms with Crippen molar-refractivity contribution in [3.8, 4) is 0 Å². The summed E-state index contributed by atoms with van der Waals surface area (Å²) in [6.07, 6.45) is 8.78. The largest absolute Gasteiger partial charge is 0.380 e. The molecule has 23 heavy (non-hydrogen) atoms. The van der Waals surface area contributed by atoms with E-state index < -0.39 is 0 Å². The van der Waals surface area contributed by atoms with E-state index in [-0.39, 0.29) is 11.8 Å². The lowest BCUT2D eigenvalue weighted by molar-refractivity contribution is -0.128. The van der Waals surface area contributed by atoms with Crippen molar-refractivity contribution in [2.45, 2.75) is 31.7 Å². The SMILES string of the molecule is O=C(Nc1cccnc1)[C@H]1COC[C@H]2CN(C3CCCC3)C[C@H]21. The number of likely N-dealkylation sites (tertiary alicyclic amines) is 1. The van der Waals surface area contributed by atoms with Gasteiger partial charge in [-0.3, -0.25) is 14.7 Å². The monoisotopic (exact) mass is 315 g/mol. The van der Waals surface area contributed by atoms with E-state index in [0.29, 0.717) is 18.4 Å². The number of amides is 1. The number of nitrogens with zero attached hydrogens (tertiary/aromatic N) is 2. The van der Waals surface area contributed by atoms with Gasteiger partial charge in [-0.1, -0.05) is 12.8 Å². The molecule has 2 aliphatic heterocycles. The molecule has 5 nitrogen and oxygen atoms in total. The summed E-state index contributed by atoms with van der Waals surface area (Å²) in [7, 11) is 0. The molecule has 2 saturated heterocycles. The van der Waals surface area contributed by atoms with Crippen LogP contribution in [0.25, 0.3) is 0 Å². The van der Waals surface area contributed by atoms with Gasteiger partial charge in [0, 0.05) is 25.3 Å². The molecule has 1 N–H and O–H groups in total. The number of rotatable bonds is 3. The second kappa shape index (κ2) is 6.57. The summed E-state index contributed by atoms with van der Waals surface area (Å²) >= 11 is 0. The van der Waals surface area contributed by atoms with Gasteiger partial charge in [0.2, 0.25) is 5.91 Å². The lowest BCUT2D eigenvalue weighted by Gasteiger charge is -2.32. The third kappa shape index (κ3) is 3.12. The van der Waals surface area contributed by atoms with Crippen molar-refractivity contribution in [3.05, 3.63) is 24.5 Å². The molecule has 1 amide bonds.